The number of phenols is 1. The third-order valence-corrected chi connectivity index (χ3v) is 7.75. The first kappa shape index (κ1) is 23.5. The monoisotopic (exact) mass is 478 g/mol. The molecule has 2 fully saturated rings. The molecular formula is C22H23ClN2O8. The molecule has 0 bridgehead atoms. The minimum atomic E-state index is -2.86. The van der Waals surface area contributed by atoms with Crippen molar-refractivity contribution in [1.82, 2.24) is 4.90 Å². The van der Waals surface area contributed by atoms with Gasteiger partial charge >= 0.3 is 0 Å². The minimum absolute atomic E-state index is 0.0124. The number of halogens is 1. The molecule has 0 heterocycles. The molecule has 33 heavy (non-hydrogen) atoms. The number of Topliss-reactive ketones (excluding diaryl/α,β-unsaturated/α-hetero) is 4. The number of nitrogens with zero attached hydrogens (tertiary/aromatic N) is 1. The Kier molecular flexibility index (Phi) is 5.10. The highest BCUT2D eigenvalue weighted by Gasteiger charge is 2.71. The van der Waals surface area contributed by atoms with E-state index in [0.29, 0.717) is 0 Å². The number of amides is 1. The van der Waals surface area contributed by atoms with Gasteiger partial charge in [0, 0.05) is 22.4 Å². The Morgan fingerprint density at radius 3 is 2.27 bits per heavy atom. The molecule has 4 rings (SSSR count). The SMILES string of the molecule is CN(C)C1C(=O)C(C(N)=O)C(=O)C2(O)C(=O)C3C(=O)c4c(O)ccc(Cl)c4C(C)(O)C3CC12. The number of likely N-dealkylation sites (N-methyl/N-ethyl adjacent to an activating group) is 1. The molecule has 0 aliphatic heterocycles. The highest BCUT2D eigenvalue weighted by molar-refractivity contribution is 6.34. The highest BCUT2D eigenvalue weighted by Crippen LogP contribution is 2.56. The van der Waals surface area contributed by atoms with Crippen LogP contribution in [-0.4, -0.2) is 75.0 Å². The first-order valence-electron chi connectivity index (χ1n) is 10.3. The van der Waals surface area contributed by atoms with Crippen LogP contribution >= 0.6 is 11.6 Å². The molecule has 2 saturated carbocycles. The fourth-order valence-electron chi connectivity index (χ4n) is 5.95. The van der Waals surface area contributed by atoms with Crippen LogP contribution in [0.5, 0.6) is 5.75 Å². The Balaban J connectivity index is 1.97. The summed E-state index contributed by atoms with van der Waals surface area (Å²) < 4.78 is 0. The lowest BCUT2D eigenvalue weighted by Gasteiger charge is -2.55. The fourth-order valence-corrected chi connectivity index (χ4v) is 6.30. The summed E-state index contributed by atoms with van der Waals surface area (Å²) in [6.07, 6.45) is -0.289. The Bertz CT molecular complexity index is 1150. The van der Waals surface area contributed by atoms with E-state index < -0.39 is 75.7 Å². The van der Waals surface area contributed by atoms with E-state index in [0.717, 1.165) is 6.07 Å². The lowest BCUT2D eigenvalue weighted by molar-refractivity contribution is -0.188. The predicted octanol–water partition coefficient (Wildman–Crippen LogP) is -0.815. The van der Waals surface area contributed by atoms with Crippen LogP contribution in [-0.2, 0) is 24.8 Å². The molecule has 1 aromatic carbocycles. The summed E-state index contributed by atoms with van der Waals surface area (Å²) in [5, 5.41) is 33.3. The topological polar surface area (TPSA) is 175 Å². The molecule has 1 aromatic rings. The molecule has 1 amide bonds. The third kappa shape index (κ3) is 2.81. The zero-order chi connectivity index (χ0) is 24.8. The molecule has 10 nitrogen and oxygen atoms in total. The molecule has 5 N–H and O–H groups in total. The number of primary amides is 1. The van der Waals surface area contributed by atoms with Crippen LogP contribution in [0.1, 0.15) is 29.3 Å². The molecule has 3 aliphatic rings. The number of carbonyl (C=O) groups is 5. The summed E-state index contributed by atoms with van der Waals surface area (Å²) in [5.41, 5.74) is 0.0293. The number of rotatable bonds is 2. The third-order valence-electron chi connectivity index (χ3n) is 7.43. The van der Waals surface area contributed by atoms with E-state index in [1.807, 2.05) is 0 Å². The fraction of sp³-hybridized carbons (Fsp3) is 0.500. The van der Waals surface area contributed by atoms with Gasteiger partial charge in [-0.2, -0.15) is 0 Å². The molecule has 176 valence electrons. The highest BCUT2D eigenvalue weighted by atomic mass is 35.5. The number of ketones is 4. The maximum Gasteiger partial charge on any atom is 0.235 e. The average molecular weight is 479 g/mol. The normalized spacial score (nSPS) is 38.1. The molecule has 11 heteroatoms. The Morgan fingerprint density at radius 2 is 1.73 bits per heavy atom. The van der Waals surface area contributed by atoms with Crippen LogP contribution in [0.25, 0.3) is 0 Å². The van der Waals surface area contributed by atoms with Crippen molar-refractivity contribution < 1.29 is 39.3 Å². The second-order valence-corrected chi connectivity index (χ2v) is 9.80. The van der Waals surface area contributed by atoms with Gasteiger partial charge in [-0.15, -0.1) is 0 Å². The van der Waals surface area contributed by atoms with Gasteiger partial charge in [0.2, 0.25) is 5.91 Å². The summed E-state index contributed by atoms with van der Waals surface area (Å²) in [6.45, 7) is 1.32. The van der Waals surface area contributed by atoms with Gasteiger partial charge in [-0.05, 0) is 39.6 Å². The van der Waals surface area contributed by atoms with Crippen molar-refractivity contribution in [3.63, 3.8) is 0 Å². The first-order valence-corrected chi connectivity index (χ1v) is 10.7. The number of phenolic OH excluding ortho intramolecular Hbond substituents is 1. The number of fused-ring (bicyclic) bond motifs is 3. The van der Waals surface area contributed by atoms with Crippen LogP contribution in [0, 0.1) is 23.7 Å². The van der Waals surface area contributed by atoms with Crippen LogP contribution in [0.2, 0.25) is 5.02 Å². The van der Waals surface area contributed by atoms with E-state index >= 15 is 0 Å². The summed E-state index contributed by atoms with van der Waals surface area (Å²) in [4.78, 5) is 66.6. The number of hydrogen-bond donors (Lipinski definition) is 4. The van der Waals surface area contributed by atoms with Gasteiger partial charge in [-0.3, -0.25) is 28.9 Å². The minimum Gasteiger partial charge on any atom is -0.507 e. The van der Waals surface area contributed by atoms with Crippen molar-refractivity contribution in [3.8, 4) is 5.75 Å². The van der Waals surface area contributed by atoms with E-state index in [4.69, 9.17) is 17.3 Å². The molecule has 0 spiro atoms. The smallest absolute Gasteiger partial charge is 0.235 e. The van der Waals surface area contributed by atoms with Crippen LogP contribution < -0.4 is 5.73 Å². The molecule has 7 atom stereocenters. The van der Waals surface area contributed by atoms with E-state index in [9.17, 15) is 39.3 Å². The van der Waals surface area contributed by atoms with Gasteiger partial charge in [0.05, 0.1) is 23.1 Å². The standard InChI is InChI=1S/C22H23ClN2O8/c1-21(32)7-6-8-15(25(2)3)17(28)13(20(24)31)19(30)22(8,33)18(29)11(7)16(27)12-10(26)5-4-9(23)14(12)21/h4-5,7-8,11,13,15,26,32-33H,6H2,1-3H3,(H2,24,31). The number of nitrogens with two attached hydrogens (primary N) is 1. The maximum atomic E-state index is 13.7. The van der Waals surface area contributed by atoms with Crippen LogP contribution in [0.4, 0.5) is 0 Å². The molecular weight excluding hydrogens is 456 g/mol. The lowest BCUT2D eigenvalue weighted by atomic mass is 9.49. The Labute approximate surface area is 193 Å². The van der Waals surface area contributed by atoms with Gasteiger partial charge in [-0.1, -0.05) is 11.6 Å². The molecule has 7 unspecified atom stereocenters. The van der Waals surface area contributed by atoms with Gasteiger partial charge < -0.3 is 21.1 Å². The Hall–Kier alpha value is -2.66. The zero-order valence-corrected chi connectivity index (χ0v) is 18.8. The first-order chi connectivity index (χ1) is 15.2. The van der Waals surface area contributed by atoms with Gasteiger partial charge in [0.25, 0.3) is 0 Å². The van der Waals surface area contributed by atoms with Crippen LogP contribution in [0.15, 0.2) is 12.1 Å². The van der Waals surface area contributed by atoms with E-state index in [1.54, 1.807) is 0 Å². The van der Waals surface area contributed by atoms with E-state index in [2.05, 4.69) is 0 Å². The lowest BCUT2D eigenvalue weighted by Crippen LogP contribution is -2.75. The second-order valence-electron chi connectivity index (χ2n) is 9.40. The predicted molar refractivity (Wildman–Crippen MR) is 112 cm³/mol. The number of aliphatic hydroxyl groups is 2. The van der Waals surface area contributed by atoms with Crippen molar-refractivity contribution >= 4 is 40.6 Å². The molecule has 0 radical (unpaired) electrons. The summed E-state index contributed by atoms with van der Waals surface area (Å²) in [6, 6.07) is 1.17. The van der Waals surface area contributed by atoms with Crippen molar-refractivity contribution in [2.75, 3.05) is 14.1 Å². The number of benzene rings is 1. The van der Waals surface area contributed by atoms with Crippen LogP contribution in [0.3, 0.4) is 0 Å². The largest absolute Gasteiger partial charge is 0.507 e. The van der Waals surface area contributed by atoms with Crippen molar-refractivity contribution in [2.24, 2.45) is 29.4 Å². The van der Waals surface area contributed by atoms with Gasteiger partial charge in [-0.25, -0.2) is 0 Å². The van der Waals surface area contributed by atoms with Gasteiger partial charge in [0.15, 0.2) is 34.7 Å². The van der Waals surface area contributed by atoms with Gasteiger partial charge in [0.1, 0.15) is 5.75 Å². The van der Waals surface area contributed by atoms with E-state index in [1.165, 1.54) is 32.0 Å². The second kappa shape index (κ2) is 7.17. The molecule has 3 aliphatic carbocycles. The number of hydrogen-bond acceptors (Lipinski definition) is 9. The summed E-state index contributed by atoms with van der Waals surface area (Å²) >= 11 is 6.25. The average Bonchev–Trinajstić information content (AvgIpc) is 2.69. The summed E-state index contributed by atoms with van der Waals surface area (Å²) in [7, 11) is 2.95. The van der Waals surface area contributed by atoms with Crippen molar-refractivity contribution in [3.05, 3.63) is 28.3 Å². The van der Waals surface area contributed by atoms with Crippen molar-refractivity contribution in [2.45, 2.75) is 30.6 Å². The van der Waals surface area contributed by atoms with Crippen molar-refractivity contribution in [1.29, 1.82) is 0 Å². The zero-order valence-electron chi connectivity index (χ0n) is 18.0. The summed E-state index contributed by atoms with van der Waals surface area (Å²) in [5.74, 6) is -12.5. The molecule has 0 aromatic heterocycles. The number of aromatic hydroxyl groups is 1. The Morgan fingerprint density at radius 1 is 1.12 bits per heavy atom. The number of carbonyl (C=O) groups excluding carboxylic acids is 5. The van der Waals surface area contributed by atoms with E-state index in [-0.39, 0.29) is 22.6 Å². The molecule has 0 saturated heterocycles. The maximum absolute atomic E-state index is 13.7. The quantitative estimate of drug-likeness (QED) is 0.396.